The van der Waals surface area contributed by atoms with Gasteiger partial charge < -0.3 is 15.4 Å². The fourth-order valence-corrected chi connectivity index (χ4v) is 1.64. The van der Waals surface area contributed by atoms with Gasteiger partial charge in [-0.3, -0.25) is 4.79 Å². The minimum atomic E-state index is 0.101. The first-order valence-electron chi connectivity index (χ1n) is 5.73. The monoisotopic (exact) mass is 212 g/mol. The number of carbonyl (C=O) groups excluding carboxylic acids is 1. The fraction of sp³-hybridized carbons (Fsp3) is 0.909. The molecule has 0 bridgehead atoms. The topological polar surface area (TPSA) is 50.4 Å². The molecule has 1 amide bonds. The SMILES string of the molecule is CC1(CNC(=O)CNCC2CC2)COC1. The summed E-state index contributed by atoms with van der Waals surface area (Å²) in [4.78, 5) is 11.4. The molecule has 2 rings (SSSR count). The van der Waals surface area contributed by atoms with Crippen molar-refractivity contribution < 1.29 is 9.53 Å². The molecule has 0 spiro atoms. The Labute approximate surface area is 90.8 Å². The van der Waals surface area contributed by atoms with Gasteiger partial charge in [-0.1, -0.05) is 6.92 Å². The third kappa shape index (κ3) is 3.47. The minimum Gasteiger partial charge on any atom is -0.380 e. The van der Waals surface area contributed by atoms with Crippen molar-refractivity contribution >= 4 is 5.91 Å². The quantitative estimate of drug-likeness (QED) is 0.658. The van der Waals surface area contributed by atoms with Crippen LogP contribution < -0.4 is 10.6 Å². The number of amides is 1. The van der Waals surface area contributed by atoms with Crippen LogP contribution in [0.2, 0.25) is 0 Å². The van der Waals surface area contributed by atoms with Crippen LogP contribution in [0.4, 0.5) is 0 Å². The zero-order valence-electron chi connectivity index (χ0n) is 9.34. The highest BCUT2D eigenvalue weighted by Gasteiger charge is 2.33. The van der Waals surface area contributed by atoms with Gasteiger partial charge in [0, 0.05) is 12.0 Å². The highest BCUT2D eigenvalue weighted by molar-refractivity contribution is 5.78. The second-order valence-corrected chi connectivity index (χ2v) is 5.15. The van der Waals surface area contributed by atoms with Crippen molar-refractivity contribution in [1.82, 2.24) is 10.6 Å². The maximum Gasteiger partial charge on any atom is 0.233 e. The van der Waals surface area contributed by atoms with E-state index in [2.05, 4.69) is 17.6 Å². The van der Waals surface area contributed by atoms with Crippen molar-refractivity contribution in [3.63, 3.8) is 0 Å². The molecule has 2 N–H and O–H groups in total. The Balaban J connectivity index is 1.51. The van der Waals surface area contributed by atoms with E-state index in [-0.39, 0.29) is 11.3 Å². The Hall–Kier alpha value is -0.610. The average Bonchev–Trinajstić information content (AvgIpc) is 2.95. The largest absolute Gasteiger partial charge is 0.380 e. The molecule has 4 nitrogen and oxygen atoms in total. The van der Waals surface area contributed by atoms with E-state index in [1.165, 1.54) is 12.8 Å². The number of rotatable bonds is 6. The molecule has 1 saturated heterocycles. The van der Waals surface area contributed by atoms with Crippen LogP contribution in [0.3, 0.4) is 0 Å². The van der Waals surface area contributed by atoms with Crippen molar-refractivity contribution in [2.75, 3.05) is 32.8 Å². The van der Waals surface area contributed by atoms with Gasteiger partial charge >= 0.3 is 0 Å². The van der Waals surface area contributed by atoms with Crippen molar-refractivity contribution in [3.8, 4) is 0 Å². The van der Waals surface area contributed by atoms with Crippen LogP contribution in [-0.2, 0) is 9.53 Å². The number of hydrogen-bond donors (Lipinski definition) is 2. The van der Waals surface area contributed by atoms with E-state index < -0.39 is 0 Å². The maximum atomic E-state index is 11.4. The number of carbonyl (C=O) groups is 1. The number of hydrogen-bond acceptors (Lipinski definition) is 3. The van der Waals surface area contributed by atoms with Gasteiger partial charge in [-0.05, 0) is 25.3 Å². The Kier molecular flexibility index (Phi) is 3.26. The molecule has 1 aliphatic heterocycles. The number of nitrogens with one attached hydrogen (secondary N) is 2. The molecule has 0 aromatic rings. The molecule has 2 fully saturated rings. The van der Waals surface area contributed by atoms with E-state index >= 15 is 0 Å². The lowest BCUT2D eigenvalue weighted by Crippen LogP contribution is -2.49. The fourth-order valence-electron chi connectivity index (χ4n) is 1.64. The maximum absolute atomic E-state index is 11.4. The van der Waals surface area contributed by atoms with Gasteiger partial charge in [0.1, 0.15) is 0 Å². The summed E-state index contributed by atoms with van der Waals surface area (Å²) < 4.78 is 5.12. The summed E-state index contributed by atoms with van der Waals surface area (Å²) in [6.07, 6.45) is 2.65. The molecule has 0 unspecified atom stereocenters. The van der Waals surface area contributed by atoms with Crippen LogP contribution in [0.1, 0.15) is 19.8 Å². The lowest BCUT2D eigenvalue weighted by atomic mass is 9.89. The van der Waals surface area contributed by atoms with Crippen molar-refractivity contribution in [3.05, 3.63) is 0 Å². The Morgan fingerprint density at radius 3 is 2.73 bits per heavy atom. The smallest absolute Gasteiger partial charge is 0.233 e. The summed E-state index contributed by atoms with van der Waals surface area (Å²) in [6, 6.07) is 0. The molecule has 1 aliphatic carbocycles. The average molecular weight is 212 g/mol. The zero-order valence-corrected chi connectivity index (χ0v) is 9.34. The van der Waals surface area contributed by atoms with Gasteiger partial charge in [0.25, 0.3) is 0 Å². The second-order valence-electron chi connectivity index (χ2n) is 5.15. The Morgan fingerprint density at radius 2 is 2.20 bits per heavy atom. The first kappa shape index (κ1) is 10.9. The van der Waals surface area contributed by atoms with Crippen molar-refractivity contribution in [1.29, 1.82) is 0 Å². The van der Waals surface area contributed by atoms with Gasteiger partial charge in [0.15, 0.2) is 0 Å². The zero-order chi connectivity index (χ0) is 10.7. The van der Waals surface area contributed by atoms with E-state index in [1.54, 1.807) is 0 Å². The van der Waals surface area contributed by atoms with Crippen LogP contribution in [0.25, 0.3) is 0 Å². The molecular weight excluding hydrogens is 192 g/mol. The summed E-state index contributed by atoms with van der Waals surface area (Å²) >= 11 is 0. The molecule has 0 aromatic carbocycles. The summed E-state index contributed by atoms with van der Waals surface area (Å²) in [6.45, 7) is 5.85. The van der Waals surface area contributed by atoms with E-state index in [0.717, 1.165) is 32.2 Å². The van der Waals surface area contributed by atoms with E-state index in [9.17, 15) is 4.79 Å². The molecule has 0 radical (unpaired) electrons. The van der Waals surface area contributed by atoms with Crippen molar-refractivity contribution in [2.45, 2.75) is 19.8 Å². The van der Waals surface area contributed by atoms with Crippen LogP contribution in [0.15, 0.2) is 0 Å². The first-order valence-corrected chi connectivity index (χ1v) is 5.73. The molecular formula is C11H20N2O2. The lowest BCUT2D eigenvalue weighted by molar-refractivity contribution is -0.126. The summed E-state index contributed by atoms with van der Waals surface area (Å²) in [7, 11) is 0. The third-order valence-electron chi connectivity index (χ3n) is 3.03. The van der Waals surface area contributed by atoms with E-state index in [0.29, 0.717) is 6.54 Å². The second kappa shape index (κ2) is 4.49. The predicted octanol–water partition coefficient (Wildman–Crippen LogP) is 0.139. The van der Waals surface area contributed by atoms with Crippen LogP contribution in [-0.4, -0.2) is 38.8 Å². The predicted molar refractivity (Wildman–Crippen MR) is 57.5 cm³/mol. The van der Waals surface area contributed by atoms with Gasteiger partial charge in [0.2, 0.25) is 5.91 Å². The summed E-state index contributed by atoms with van der Waals surface area (Å²) in [5.74, 6) is 0.930. The highest BCUT2D eigenvalue weighted by Crippen LogP contribution is 2.27. The normalized spacial score (nSPS) is 23.3. The summed E-state index contributed by atoms with van der Waals surface area (Å²) in [5.41, 5.74) is 0.173. The summed E-state index contributed by atoms with van der Waals surface area (Å²) in [5, 5.41) is 6.11. The van der Waals surface area contributed by atoms with E-state index in [1.807, 2.05) is 0 Å². The molecule has 86 valence electrons. The standard InChI is InChI=1S/C11H20N2O2/c1-11(7-15-8-11)6-13-10(14)5-12-4-9-2-3-9/h9,12H,2-8H2,1H3,(H,13,14). The highest BCUT2D eigenvalue weighted by atomic mass is 16.5. The van der Waals surface area contributed by atoms with Gasteiger partial charge in [-0.2, -0.15) is 0 Å². The van der Waals surface area contributed by atoms with Gasteiger partial charge in [-0.25, -0.2) is 0 Å². The van der Waals surface area contributed by atoms with Gasteiger partial charge in [0.05, 0.1) is 19.8 Å². The molecule has 1 heterocycles. The first-order chi connectivity index (χ1) is 7.18. The Bertz CT molecular complexity index is 235. The van der Waals surface area contributed by atoms with Crippen molar-refractivity contribution in [2.24, 2.45) is 11.3 Å². The Morgan fingerprint density at radius 1 is 1.47 bits per heavy atom. The molecule has 15 heavy (non-hydrogen) atoms. The van der Waals surface area contributed by atoms with Crippen LogP contribution in [0, 0.1) is 11.3 Å². The third-order valence-corrected chi connectivity index (χ3v) is 3.03. The molecule has 1 saturated carbocycles. The van der Waals surface area contributed by atoms with Crippen LogP contribution in [0.5, 0.6) is 0 Å². The number of ether oxygens (including phenoxy) is 1. The van der Waals surface area contributed by atoms with E-state index in [4.69, 9.17) is 4.74 Å². The molecule has 4 heteroatoms. The molecule has 0 atom stereocenters. The minimum absolute atomic E-state index is 0.101. The molecule has 0 aromatic heterocycles. The molecule has 2 aliphatic rings. The van der Waals surface area contributed by atoms with Gasteiger partial charge in [-0.15, -0.1) is 0 Å². The van der Waals surface area contributed by atoms with Crippen LogP contribution >= 0.6 is 0 Å². The lowest BCUT2D eigenvalue weighted by Gasteiger charge is -2.38.